The zero-order valence-electron chi connectivity index (χ0n) is 10.9. The Balaban J connectivity index is 1.80. The van der Waals surface area contributed by atoms with E-state index in [0.29, 0.717) is 18.8 Å². The van der Waals surface area contributed by atoms with E-state index in [2.05, 4.69) is 15.2 Å². The molecule has 9 nitrogen and oxygen atoms in total. The van der Waals surface area contributed by atoms with Gasteiger partial charge in [0.15, 0.2) is 0 Å². The van der Waals surface area contributed by atoms with E-state index in [0.717, 1.165) is 0 Å². The van der Waals surface area contributed by atoms with Crippen LogP contribution in [0.3, 0.4) is 0 Å². The molecule has 0 aliphatic carbocycles. The van der Waals surface area contributed by atoms with E-state index in [-0.39, 0.29) is 0 Å². The molecule has 0 aromatic carbocycles. The largest absolute Gasteiger partial charge is 0.394 e. The molecule has 2 aliphatic heterocycles. The maximum atomic E-state index is 11.7. The molecule has 114 valence electrons. The van der Waals surface area contributed by atoms with Gasteiger partial charge in [0.05, 0.1) is 12.4 Å². The molecule has 9 heteroatoms. The smallest absolute Gasteiger partial charge is 0.364 e. The van der Waals surface area contributed by atoms with Gasteiger partial charge in [0.1, 0.15) is 24.4 Å². The summed E-state index contributed by atoms with van der Waals surface area (Å²) in [7, 11) is 0. The van der Waals surface area contributed by atoms with Crippen LogP contribution in [0.1, 0.15) is 13.3 Å². The van der Waals surface area contributed by atoms with E-state index in [1.807, 2.05) is 0 Å². The monoisotopic (exact) mass is 290 g/mol. The minimum atomic E-state index is -1.40. The zero-order chi connectivity index (χ0) is 14.7. The first kappa shape index (κ1) is 15.1. The van der Waals surface area contributed by atoms with Gasteiger partial charge in [0, 0.05) is 6.54 Å². The van der Waals surface area contributed by atoms with E-state index >= 15 is 0 Å². The summed E-state index contributed by atoms with van der Waals surface area (Å²) >= 11 is 0. The second-order valence-corrected chi connectivity index (χ2v) is 4.66. The molecule has 2 rings (SSSR count). The van der Waals surface area contributed by atoms with Gasteiger partial charge < -0.3 is 25.4 Å². The first-order valence-electron chi connectivity index (χ1n) is 6.30. The van der Waals surface area contributed by atoms with E-state index < -0.39 is 43.2 Å². The number of nitrogens with one attached hydrogen (secondary N) is 1. The first-order chi connectivity index (χ1) is 9.52. The van der Waals surface area contributed by atoms with Gasteiger partial charge in [-0.15, -0.1) is 4.89 Å². The van der Waals surface area contributed by atoms with Crippen molar-refractivity contribution in [3.63, 3.8) is 0 Å². The van der Waals surface area contributed by atoms with Crippen molar-refractivity contribution >= 4 is 11.8 Å². The Morgan fingerprint density at radius 2 is 2.25 bits per heavy atom. The highest BCUT2D eigenvalue weighted by Crippen LogP contribution is 2.22. The minimum Gasteiger partial charge on any atom is -0.394 e. The lowest BCUT2D eigenvalue weighted by molar-refractivity contribution is -0.360. The molecule has 1 fully saturated rings. The highest BCUT2D eigenvalue weighted by molar-refractivity contribution is 5.87. The zero-order valence-corrected chi connectivity index (χ0v) is 10.9. The summed E-state index contributed by atoms with van der Waals surface area (Å²) in [5, 5.41) is 30.8. The van der Waals surface area contributed by atoms with Crippen molar-refractivity contribution in [1.29, 1.82) is 0 Å². The number of nitrogens with zero attached hydrogens (tertiary/aromatic N) is 1. The maximum absolute atomic E-state index is 11.7. The van der Waals surface area contributed by atoms with Crippen LogP contribution in [0.5, 0.6) is 0 Å². The molecule has 0 bridgehead atoms. The summed E-state index contributed by atoms with van der Waals surface area (Å²) in [6.45, 7) is 1.75. The Morgan fingerprint density at radius 3 is 2.85 bits per heavy atom. The number of aliphatic imine (C=N–C) groups is 1. The quantitative estimate of drug-likeness (QED) is 0.335. The van der Waals surface area contributed by atoms with Crippen LogP contribution in [-0.4, -0.2) is 70.9 Å². The summed E-state index contributed by atoms with van der Waals surface area (Å²) in [5.41, 5.74) is 0. The summed E-state index contributed by atoms with van der Waals surface area (Å²) in [6.07, 6.45) is -4.54. The highest BCUT2D eigenvalue weighted by atomic mass is 17.2. The third-order valence-electron chi connectivity index (χ3n) is 3.16. The van der Waals surface area contributed by atoms with Crippen LogP contribution in [-0.2, 0) is 19.3 Å². The van der Waals surface area contributed by atoms with Crippen molar-refractivity contribution in [2.75, 3.05) is 13.2 Å². The summed E-state index contributed by atoms with van der Waals surface area (Å²) in [6, 6.07) is -0.579. The van der Waals surface area contributed by atoms with Gasteiger partial charge in [0.2, 0.25) is 6.29 Å². The van der Waals surface area contributed by atoms with Crippen molar-refractivity contribution in [2.45, 2.75) is 44.0 Å². The van der Waals surface area contributed by atoms with Crippen LogP contribution in [0.25, 0.3) is 0 Å². The second-order valence-electron chi connectivity index (χ2n) is 4.66. The van der Waals surface area contributed by atoms with Gasteiger partial charge >= 0.3 is 5.97 Å². The molecule has 0 amide bonds. The van der Waals surface area contributed by atoms with E-state index in [9.17, 15) is 15.0 Å². The molecule has 0 radical (unpaired) electrons. The number of ether oxygens (including phenoxy) is 1. The Labute approximate surface area is 115 Å². The Bertz CT molecular complexity index is 389. The topological polar surface area (TPSA) is 130 Å². The Morgan fingerprint density at radius 1 is 1.50 bits per heavy atom. The summed E-state index contributed by atoms with van der Waals surface area (Å²) < 4.78 is 5.00. The summed E-state index contributed by atoms with van der Waals surface area (Å²) in [4.78, 5) is 25.1. The van der Waals surface area contributed by atoms with Crippen LogP contribution in [0.15, 0.2) is 4.99 Å². The van der Waals surface area contributed by atoms with Crippen LogP contribution in [0, 0.1) is 0 Å². The molecule has 20 heavy (non-hydrogen) atoms. The lowest BCUT2D eigenvalue weighted by Gasteiger charge is -2.21. The highest BCUT2D eigenvalue weighted by Gasteiger charge is 2.44. The number of rotatable bonds is 4. The number of carbonyl (C=O) groups is 1. The van der Waals surface area contributed by atoms with Gasteiger partial charge in [-0.2, -0.15) is 0 Å². The fourth-order valence-corrected chi connectivity index (χ4v) is 2.01. The van der Waals surface area contributed by atoms with Gasteiger partial charge in [-0.3, -0.25) is 9.88 Å². The molecule has 2 aliphatic rings. The van der Waals surface area contributed by atoms with Crippen LogP contribution >= 0.6 is 0 Å². The average molecular weight is 290 g/mol. The van der Waals surface area contributed by atoms with Crippen molar-refractivity contribution in [1.82, 2.24) is 5.32 Å². The molecule has 0 aromatic rings. The SMILES string of the molecule is CC1=NCCC(C(=O)OOC2OC(CO)C(O)C2O)N1. The number of amidine groups is 1. The van der Waals surface area contributed by atoms with Gasteiger partial charge in [-0.1, -0.05) is 0 Å². The number of aliphatic hydroxyl groups excluding tert-OH is 3. The molecule has 5 atom stereocenters. The van der Waals surface area contributed by atoms with Crippen molar-refractivity contribution < 1.29 is 34.6 Å². The average Bonchev–Trinajstić information content (AvgIpc) is 2.72. The lowest BCUT2D eigenvalue weighted by atomic mass is 10.1. The van der Waals surface area contributed by atoms with Crippen LogP contribution < -0.4 is 5.32 Å². The molecule has 4 N–H and O–H groups in total. The Hall–Kier alpha value is -1.26. The van der Waals surface area contributed by atoms with Gasteiger partial charge in [-0.25, -0.2) is 4.79 Å². The molecule has 5 unspecified atom stereocenters. The number of aliphatic hydroxyl groups is 3. The molecular formula is C11H18N2O7. The van der Waals surface area contributed by atoms with Crippen molar-refractivity contribution in [3.8, 4) is 0 Å². The van der Waals surface area contributed by atoms with Crippen LogP contribution in [0.4, 0.5) is 0 Å². The maximum Gasteiger partial charge on any atom is 0.364 e. The number of hydrogen-bond acceptors (Lipinski definition) is 9. The van der Waals surface area contributed by atoms with Crippen molar-refractivity contribution in [3.05, 3.63) is 0 Å². The lowest BCUT2D eigenvalue weighted by Crippen LogP contribution is -2.44. The predicted octanol–water partition coefficient (Wildman–Crippen LogP) is -2.32. The fourth-order valence-electron chi connectivity index (χ4n) is 2.01. The van der Waals surface area contributed by atoms with Gasteiger partial charge in [-0.05, 0) is 13.3 Å². The molecule has 1 saturated heterocycles. The van der Waals surface area contributed by atoms with Gasteiger partial charge in [0.25, 0.3) is 0 Å². The predicted molar refractivity (Wildman–Crippen MR) is 64.5 cm³/mol. The number of hydrogen-bond donors (Lipinski definition) is 4. The molecular weight excluding hydrogens is 272 g/mol. The van der Waals surface area contributed by atoms with E-state index in [4.69, 9.17) is 14.7 Å². The second kappa shape index (κ2) is 6.46. The first-order valence-corrected chi connectivity index (χ1v) is 6.30. The molecule has 0 spiro atoms. The number of carbonyl (C=O) groups excluding carboxylic acids is 1. The minimum absolute atomic E-state index is 0.468. The Kier molecular flexibility index (Phi) is 4.89. The third-order valence-corrected chi connectivity index (χ3v) is 3.16. The molecule has 2 heterocycles. The fraction of sp³-hybridized carbons (Fsp3) is 0.818. The van der Waals surface area contributed by atoms with E-state index in [1.165, 1.54) is 0 Å². The van der Waals surface area contributed by atoms with Crippen molar-refractivity contribution in [2.24, 2.45) is 4.99 Å². The van der Waals surface area contributed by atoms with Crippen LogP contribution in [0.2, 0.25) is 0 Å². The molecule has 0 saturated carbocycles. The molecule has 0 aromatic heterocycles. The normalized spacial score (nSPS) is 37.2. The van der Waals surface area contributed by atoms with E-state index in [1.54, 1.807) is 6.92 Å². The third kappa shape index (κ3) is 3.25. The standard InChI is InChI=1S/C11H18N2O7/c1-5-12-3-2-6(13-5)10(17)19-20-11-9(16)8(15)7(4-14)18-11/h6-9,11,14-16H,2-4H2,1H3,(H,12,13). The summed E-state index contributed by atoms with van der Waals surface area (Å²) in [5.74, 6) is -0.0388.